The van der Waals surface area contributed by atoms with E-state index < -0.39 is 6.04 Å². The molecule has 2 aromatic carbocycles. The molecule has 1 fully saturated rings. The van der Waals surface area contributed by atoms with Gasteiger partial charge in [0.1, 0.15) is 6.04 Å². The summed E-state index contributed by atoms with van der Waals surface area (Å²) >= 11 is 0. The van der Waals surface area contributed by atoms with Crippen molar-refractivity contribution >= 4 is 11.6 Å². The number of carbonyl (C=O) groups is 1. The maximum absolute atomic E-state index is 12.8. The van der Waals surface area contributed by atoms with Crippen molar-refractivity contribution in [1.82, 2.24) is 4.90 Å². The molecule has 1 heterocycles. The summed E-state index contributed by atoms with van der Waals surface area (Å²) in [5, 5.41) is 0. The van der Waals surface area contributed by atoms with Crippen molar-refractivity contribution in [1.29, 1.82) is 0 Å². The molecule has 132 valence electrons. The van der Waals surface area contributed by atoms with Crippen LogP contribution in [-0.2, 0) is 11.3 Å². The Morgan fingerprint density at radius 3 is 2.44 bits per heavy atom. The zero-order chi connectivity index (χ0) is 17.8. The van der Waals surface area contributed by atoms with E-state index in [2.05, 4.69) is 23.1 Å². The number of carbonyl (C=O) groups excluding carboxylic acids is 1. The fourth-order valence-corrected chi connectivity index (χ4v) is 3.40. The zero-order valence-electron chi connectivity index (χ0n) is 15.1. The molecule has 1 atom stereocenters. The third-order valence-electron chi connectivity index (χ3n) is 4.92. The monoisotopic (exact) mass is 337 g/mol. The van der Waals surface area contributed by atoms with Gasteiger partial charge in [0.2, 0.25) is 5.91 Å². The minimum Gasteiger partial charge on any atom is -0.371 e. The molecule has 0 aromatic heterocycles. The normalized spacial score (nSPS) is 15.2. The molecular weight excluding hydrogens is 310 g/mol. The molecule has 0 spiro atoms. The second kappa shape index (κ2) is 7.70. The number of amides is 1. The van der Waals surface area contributed by atoms with Gasteiger partial charge < -0.3 is 15.5 Å². The van der Waals surface area contributed by atoms with Crippen LogP contribution >= 0.6 is 0 Å². The van der Waals surface area contributed by atoms with Gasteiger partial charge in [0.25, 0.3) is 0 Å². The Bertz CT molecular complexity index is 720. The Morgan fingerprint density at radius 2 is 1.76 bits per heavy atom. The summed E-state index contributed by atoms with van der Waals surface area (Å²) < 4.78 is 0. The first kappa shape index (κ1) is 17.5. The molecule has 1 aliphatic heterocycles. The molecule has 0 radical (unpaired) electrons. The molecule has 0 aliphatic carbocycles. The highest BCUT2D eigenvalue weighted by molar-refractivity contribution is 5.83. The number of hydrogen-bond acceptors (Lipinski definition) is 3. The largest absolute Gasteiger partial charge is 0.371 e. The fourth-order valence-electron chi connectivity index (χ4n) is 3.40. The van der Waals surface area contributed by atoms with Crippen LogP contribution in [0.1, 0.15) is 35.6 Å². The van der Waals surface area contributed by atoms with Gasteiger partial charge in [-0.05, 0) is 37.0 Å². The van der Waals surface area contributed by atoms with E-state index in [1.807, 2.05) is 44.3 Å². The molecule has 1 amide bonds. The highest BCUT2D eigenvalue weighted by atomic mass is 16.2. The highest BCUT2D eigenvalue weighted by Gasteiger charge is 2.22. The summed E-state index contributed by atoms with van der Waals surface area (Å²) in [6.45, 7) is 4.79. The van der Waals surface area contributed by atoms with E-state index in [1.54, 1.807) is 4.90 Å². The minimum atomic E-state index is -0.621. The van der Waals surface area contributed by atoms with Gasteiger partial charge in [-0.3, -0.25) is 4.79 Å². The van der Waals surface area contributed by atoms with Crippen molar-refractivity contribution in [3.05, 3.63) is 65.2 Å². The number of rotatable bonds is 5. The standard InChI is InChI=1S/C21H27N3O/c1-16-9-11-17(12-10-16)20(22)21(25)23(2)15-18-7-3-4-8-19(18)24-13-5-6-14-24/h3-4,7-12,20H,5-6,13-15,22H2,1-2H3. The van der Waals surface area contributed by atoms with Crippen LogP contribution in [0.3, 0.4) is 0 Å². The van der Waals surface area contributed by atoms with Gasteiger partial charge in [-0.2, -0.15) is 0 Å². The summed E-state index contributed by atoms with van der Waals surface area (Å²) in [6.07, 6.45) is 2.48. The molecule has 25 heavy (non-hydrogen) atoms. The SMILES string of the molecule is Cc1ccc(C(N)C(=O)N(C)Cc2ccccc2N2CCCC2)cc1. The van der Waals surface area contributed by atoms with Gasteiger partial charge in [0.15, 0.2) is 0 Å². The molecule has 4 nitrogen and oxygen atoms in total. The van der Waals surface area contributed by atoms with Crippen LogP contribution in [0.25, 0.3) is 0 Å². The minimum absolute atomic E-state index is 0.0555. The third kappa shape index (κ3) is 4.02. The number of aryl methyl sites for hydroxylation is 1. The lowest BCUT2D eigenvalue weighted by molar-refractivity contribution is -0.131. The van der Waals surface area contributed by atoms with Crippen LogP contribution in [0.5, 0.6) is 0 Å². The van der Waals surface area contributed by atoms with E-state index in [0.717, 1.165) is 24.2 Å². The van der Waals surface area contributed by atoms with Crippen molar-refractivity contribution < 1.29 is 4.79 Å². The predicted octanol–water partition coefficient (Wildman–Crippen LogP) is 3.25. The summed E-state index contributed by atoms with van der Waals surface area (Å²) in [6, 6.07) is 15.6. The van der Waals surface area contributed by atoms with E-state index in [1.165, 1.54) is 24.1 Å². The Labute approximate surface area is 150 Å². The number of hydrogen-bond donors (Lipinski definition) is 1. The Kier molecular flexibility index (Phi) is 5.39. The van der Waals surface area contributed by atoms with Gasteiger partial charge in [-0.15, -0.1) is 0 Å². The molecule has 0 bridgehead atoms. The Balaban J connectivity index is 1.72. The van der Waals surface area contributed by atoms with Gasteiger partial charge in [0, 0.05) is 32.4 Å². The molecule has 1 unspecified atom stereocenters. The quantitative estimate of drug-likeness (QED) is 0.911. The first-order chi connectivity index (χ1) is 12.1. The van der Waals surface area contributed by atoms with Crippen molar-refractivity contribution in [2.24, 2.45) is 5.73 Å². The predicted molar refractivity (Wildman–Crippen MR) is 102 cm³/mol. The molecule has 4 heteroatoms. The van der Waals surface area contributed by atoms with E-state index in [4.69, 9.17) is 5.73 Å². The van der Waals surface area contributed by atoms with Crippen molar-refractivity contribution in [2.75, 3.05) is 25.0 Å². The molecule has 2 aromatic rings. The number of nitrogens with two attached hydrogens (primary N) is 1. The first-order valence-electron chi connectivity index (χ1n) is 8.96. The van der Waals surface area contributed by atoms with Crippen LogP contribution in [0.4, 0.5) is 5.69 Å². The average Bonchev–Trinajstić information content (AvgIpc) is 3.16. The van der Waals surface area contributed by atoms with E-state index in [-0.39, 0.29) is 5.91 Å². The lowest BCUT2D eigenvalue weighted by atomic mass is 10.0. The molecular formula is C21H27N3O. The third-order valence-corrected chi connectivity index (χ3v) is 4.92. The van der Waals surface area contributed by atoms with Gasteiger partial charge in [-0.1, -0.05) is 48.0 Å². The summed E-state index contributed by atoms with van der Waals surface area (Å²) in [4.78, 5) is 16.9. The summed E-state index contributed by atoms with van der Waals surface area (Å²) in [5.41, 5.74) is 10.6. The molecule has 1 saturated heterocycles. The van der Waals surface area contributed by atoms with Gasteiger partial charge in [-0.25, -0.2) is 0 Å². The average molecular weight is 337 g/mol. The Morgan fingerprint density at radius 1 is 1.12 bits per heavy atom. The Hall–Kier alpha value is -2.33. The summed E-state index contributed by atoms with van der Waals surface area (Å²) in [5.74, 6) is -0.0555. The maximum Gasteiger partial charge on any atom is 0.244 e. The molecule has 0 saturated carbocycles. The van der Waals surface area contributed by atoms with Crippen LogP contribution in [0.15, 0.2) is 48.5 Å². The summed E-state index contributed by atoms with van der Waals surface area (Å²) in [7, 11) is 1.83. The lowest BCUT2D eigenvalue weighted by Crippen LogP contribution is -2.35. The molecule has 1 aliphatic rings. The van der Waals surface area contributed by atoms with E-state index >= 15 is 0 Å². The molecule has 2 N–H and O–H groups in total. The number of anilines is 1. The second-order valence-corrected chi connectivity index (χ2v) is 6.91. The topological polar surface area (TPSA) is 49.6 Å². The van der Waals surface area contributed by atoms with E-state index in [0.29, 0.717) is 6.54 Å². The number of para-hydroxylation sites is 1. The number of benzene rings is 2. The number of nitrogens with zero attached hydrogens (tertiary/aromatic N) is 2. The lowest BCUT2D eigenvalue weighted by Gasteiger charge is -2.26. The maximum atomic E-state index is 12.8. The smallest absolute Gasteiger partial charge is 0.244 e. The van der Waals surface area contributed by atoms with E-state index in [9.17, 15) is 4.79 Å². The zero-order valence-corrected chi connectivity index (χ0v) is 15.1. The van der Waals surface area contributed by atoms with Crippen LogP contribution in [-0.4, -0.2) is 30.9 Å². The fraction of sp³-hybridized carbons (Fsp3) is 0.381. The number of likely N-dealkylation sites (N-methyl/N-ethyl adjacent to an activating group) is 1. The van der Waals surface area contributed by atoms with Crippen LogP contribution in [0.2, 0.25) is 0 Å². The second-order valence-electron chi connectivity index (χ2n) is 6.91. The van der Waals surface area contributed by atoms with Crippen molar-refractivity contribution in [3.8, 4) is 0 Å². The van der Waals surface area contributed by atoms with Crippen LogP contribution < -0.4 is 10.6 Å². The van der Waals surface area contributed by atoms with Crippen molar-refractivity contribution in [2.45, 2.75) is 32.4 Å². The van der Waals surface area contributed by atoms with Gasteiger partial charge in [0.05, 0.1) is 0 Å². The highest BCUT2D eigenvalue weighted by Crippen LogP contribution is 2.26. The molecule has 3 rings (SSSR count). The van der Waals surface area contributed by atoms with Crippen molar-refractivity contribution in [3.63, 3.8) is 0 Å². The first-order valence-corrected chi connectivity index (χ1v) is 8.96. The van der Waals surface area contributed by atoms with Gasteiger partial charge >= 0.3 is 0 Å². The van der Waals surface area contributed by atoms with Crippen LogP contribution in [0, 0.1) is 6.92 Å².